The van der Waals surface area contributed by atoms with Crippen LogP contribution in [-0.2, 0) is 0 Å². The lowest BCUT2D eigenvalue weighted by molar-refractivity contribution is 0.104. The molecule has 1 aromatic heterocycles. The van der Waals surface area contributed by atoms with E-state index in [9.17, 15) is 9.90 Å². The van der Waals surface area contributed by atoms with Gasteiger partial charge in [0.25, 0.3) is 0 Å². The van der Waals surface area contributed by atoms with Crippen molar-refractivity contribution in [2.45, 2.75) is 6.92 Å². The number of aryl methyl sites for hydroxylation is 1. The molecule has 0 spiro atoms. The molecular weight excluding hydrogens is 232 g/mol. The van der Waals surface area contributed by atoms with Crippen LogP contribution in [0.5, 0.6) is 5.75 Å². The fourth-order valence-corrected chi connectivity index (χ4v) is 2.25. The van der Waals surface area contributed by atoms with E-state index < -0.39 is 0 Å². The summed E-state index contributed by atoms with van der Waals surface area (Å²) in [6.45, 7) is 2.02. The number of thiophene rings is 1. The summed E-state index contributed by atoms with van der Waals surface area (Å²) in [6, 6.07) is 10.5. The molecule has 3 heteroatoms. The van der Waals surface area contributed by atoms with Gasteiger partial charge >= 0.3 is 0 Å². The van der Waals surface area contributed by atoms with Gasteiger partial charge in [0.05, 0.1) is 5.56 Å². The van der Waals surface area contributed by atoms with Gasteiger partial charge in [-0.3, -0.25) is 4.79 Å². The highest BCUT2D eigenvalue weighted by molar-refractivity contribution is 7.12. The molecule has 86 valence electrons. The Kier molecular flexibility index (Phi) is 3.40. The van der Waals surface area contributed by atoms with Crippen molar-refractivity contribution in [2.75, 3.05) is 0 Å². The zero-order chi connectivity index (χ0) is 12.3. The average Bonchev–Trinajstić information content (AvgIpc) is 2.73. The normalized spacial score (nSPS) is 10.9. The van der Waals surface area contributed by atoms with Crippen molar-refractivity contribution in [1.82, 2.24) is 0 Å². The van der Waals surface area contributed by atoms with Gasteiger partial charge in [-0.25, -0.2) is 0 Å². The molecule has 1 heterocycles. The zero-order valence-corrected chi connectivity index (χ0v) is 10.2. The monoisotopic (exact) mass is 244 g/mol. The first-order chi connectivity index (χ1) is 8.16. The van der Waals surface area contributed by atoms with E-state index in [1.165, 1.54) is 17.0 Å². The third-order valence-electron chi connectivity index (χ3n) is 2.33. The van der Waals surface area contributed by atoms with E-state index in [4.69, 9.17) is 0 Å². The van der Waals surface area contributed by atoms with Gasteiger partial charge in [0.2, 0.25) is 0 Å². The number of phenols is 1. The van der Waals surface area contributed by atoms with Gasteiger partial charge in [0.15, 0.2) is 5.78 Å². The Labute approximate surface area is 104 Å². The number of hydrogen-bond donors (Lipinski definition) is 1. The number of benzene rings is 1. The quantitative estimate of drug-likeness (QED) is 0.661. The van der Waals surface area contributed by atoms with E-state index in [1.54, 1.807) is 35.6 Å². The van der Waals surface area contributed by atoms with Crippen LogP contribution < -0.4 is 0 Å². The summed E-state index contributed by atoms with van der Waals surface area (Å²) in [5.41, 5.74) is 0.331. The van der Waals surface area contributed by atoms with Gasteiger partial charge in [0, 0.05) is 9.75 Å². The third kappa shape index (κ3) is 2.82. The molecule has 2 aromatic rings. The Morgan fingerprint density at radius 2 is 2.00 bits per heavy atom. The fraction of sp³-hybridized carbons (Fsp3) is 0.0714. The van der Waals surface area contributed by atoms with Crippen molar-refractivity contribution in [3.8, 4) is 5.75 Å². The van der Waals surface area contributed by atoms with E-state index in [1.807, 2.05) is 19.1 Å². The van der Waals surface area contributed by atoms with Crippen molar-refractivity contribution in [3.63, 3.8) is 0 Å². The van der Waals surface area contributed by atoms with Gasteiger partial charge in [-0.05, 0) is 43.3 Å². The molecule has 1 aromatic carbocycles. The predicted molar refractivity (Wildman–Crippen MR) is 70.5 cm³/mol. The van der Waals surface area contributed by atoms with Gasteiger partial charge < -0.3 is 5.11 Å². The molecule has 0 aliphatic rings. The maximum atomic E-state index is 11.8. The molecular formula is C14H12O2S. The standard InChI is InChI=1S/C14H12O2S/c1-10-6-7-11(17-10)8-9-14(16)12-4-2-3-5-13(12)15/h2-9,15H,1H3/b9-8+. The van der Waals surface area contributed by atoms with Gasteiger partial charge in [0.1, 0.15) is 5.75 Å². The fourth-order valence-electron chi connectivity index (χ4n) is 1.47. The van der Waals surface area contributed by atoms with E-state index in [2.05, 4.69) is 0 Å². The molecule has 0 saturated heterocycles. The molecule has 1 N–H and O–H groups in total. The van der Waals surface area contributed by atoms with Crippen LogP contribution in [-0.4, -0.2) is 10.9 Å². The number of allylic oxidation sites excluding steroid dienone is 1. The first-order valence-corrected chi connectivity index (χ1v) is 6.05. The highest BCUT2D eigenvalue weighted by atomic mass is 32.1. The Bertz CT molecular complexity index is 567. The summed E-state index contributed by atoms with van der Waals surface area (Å²) < 4.78 is 0. The van der Waals surface area contributed by atoms with Crippen molar-refractivity contribution >= 4 is 23.2 Å². The summed E-state index contributed by atoms with van der Waals surface area (Å²) in [7, 11) is 0. The molecule has 17 heavy (non-hydrogen) atoms. The summed E-state index contributed by atoms with van der Waals surface area (Å²) in [5.74, 6) is -0.168. The summed E-state index contributed by atoms with van der Waals surface area (Å²) in [6.07, 6.45) is 3.26. The lowest BCUT2D eigenvalue weighted by Crippen LogP contribution is -1.93. The average molecular weight is 244 g/mol. The minimum absolute atomic E-state index is 0.0181. The minimum Gasteiger partial charge on any atom is -0.507 e. The molecule has 0 aliphatic carbocycles. The van der Waals surface area contributed by atoms with Crippen molar-refractivity contribution in [3.05, 3.63) is 57.8 Å². The van der Waals surface area contributed by atoms with E-state index >= 15 is 0 Å². The van der Waals surface area contributed by atoms with E-state index in [0.717, 1.165) is 4.88 Å². The first kappa shape index (κ1) is 11.6. The molecule has 2 nitrogen and oxygen atoms in total. The van der Waals surface area contributed by atoms with Crippen LogP contribution in [0.3, 0.4) is 0 Å². The highest BCUT2D eigenvalue weighted by Crippen LogP contribution is 2.19. The van der Waals surface area contributed by atoms with Crippen LogP contribution in [0.1, 0.15) is 20.1 Å². The van der Waals surface area contributed by atoms with Crippen LogP contribution in [0.15, 0.2) is 42.5 Å². The second-order valence-corrected chi connectivity index (χ2v) is 4.98. The van der Waals surface area contributed by atoms with Crippen molar-refractivity contribution in [2.24, 2.45) is 0 Å². The number of carbonyl (C=O) groups is 1. The molecule has 0 saturated carbocycles. The molecule has 0 radical (unpaired) electrons. The van der Waals surface area contributed by atoms with Gasteiger partial charge in [-0.2, -0.15) is 0 Å². The molecule has 0 unspecified atom stereocenters. The van der Waals surface area contributed by atoms with E-state index in [-0.39, 0.29) is 11.5 Å². The molecule has 0 aliphatic heterocycles. The molecule has 0 amide bonds. The largest absolute Gasteiger partial charge is 0.507 e. The van der Waals surface area contributed by atoms with Gasteiger partial charge in [-0.15, -0.1) is 11.3 Å². The first-order valence-electron chi connectivity index (χ1n) is 5.23. The molecule has 0 atom stereocenters. The van der Waals surface area contributed by atoms with Crippen LogP contribution in [0.4, 0.5) is 0 Å². The van der Waals surface area contributed by atoms with Crippen LogP contribution in [0, 0.1) is 6.92 Å². The van der Waals surface area contributed by atoms with Crippen molar-refractivity contribution < 1.29 is 9.90 Å². The number of ketones is 1. The zero-order valence-electron chi connectivity index (χ0n) is 9.38. The minimum atomic E-state index is -0.186. The maximum absolute atomic E-state index is 11.8. The Hall–Kier alpha value is -1.87. The Morgan fingerprint density at radius 1 is 1.24 bits per heavy atom. The molecule has 2 rings (SSSR count). The number of para-hydroxylation sites is 1. The van der Waals surface area contributed by atoms with Crippen LogP contribution in [0.2, 0.25) is 0 Å². The highest BCUT2D eigenvalue weighted by Gasteiger charge is 2.06. The third-order valence-corrected chi connectivity index (χ3v) is 3.30. The van der Waals surface area contributed by atoms with Gasteiger partial charge in [-0.1, -0.05) is 12.1 Å². The van der Waals surface area contributed by atoms with E-state index in [0.29, 0.717) is 5.56 Å². The smallest absolute Gasteiger partial charge is 0.189 e. The number of hydrogen-bond acceptors (Lipinski definition) is 3. The lowest BCUT2D eigenvalue weighted by Gasteiger charge is -1.98. The summed E-state index contributed by atoms with van der Waals surface area (Å²) in [5, 5.41) is 9.53. The number of aromatic hydroxyl groups is 1. The maximum Gasteiger partial charge on any atom is 0.189 e. The lowest BCUT2D eigenvalue weighted by atomic mass is 10.1. The Morgan fingerprint density at radius 3 is 2.65 bits per heavy atom. The van der Waals surface area contributed by atoms with Crippen molar-refractivity contribution in [1.29, 1.82) is 0 Å². The second-order valence-electron chi connectivity index (χ2n) is 3.66. The molecule has 0 bridgehead atoms. The topological polar surface area (TPSA) is 37.3 Å². The number of rotatable bonds is 3. The Balaban J connectivity index is 2.17. The predicted octanol–water partition coefficient (Wildman–Crippen LogP) is 3.66. The SMILES string of the molecule is Cc1ccc(/C=C/C(=O)c2ccccc2O)s1. The van der Waals surface area contributed by atoms with Crippen LogP contribution in [0.25, 0.3) is 6.08 Å². The summed E-state index contributed by atoms with van der Waals surface area (Å²) >= 11 is 1.63. The summed E-state index contributed by atoms with van der Waals surface area (Å²) in [4.78, 5) is 14.0. The number of phenolic OH excluding ortho intramolecular Hbond substituents is 1. The molecule has 0 fully saturated rings. The van der Waals surface area contributed by atoms with Crippen LogP contribution >= 0.6 is 11.3 Å². The second kappa shape index (κ2) is 4.97. The number of carbonyl (C=O) groups excluding carboxylic acids is 1.